The van der Waals surface area contributed by atoms with Gasteiger partial charge in [0.05, 0.1) is 6.54 Å². The van der Waals surface area contributed by atoms with Crippen molar-refractivity contribution >= 4 is 12.7 Å². The normalized spacial score (nSPS) is 11.8. The average molecular weight is 239 g/mol. The summed E-state index contributed by atoms with van der Waals surface area (Å²) in [7, 11) is -0.734. The standard InChI is InChI=1S/C12H18NO2P/c1-13(10-12(14)16(2,3)15)9-11-7-5-4-6-8-11/h4-8H,9-10H2,1-3H3. The molecule has 0 saturated heterocycles. The molecule has 0 aliphatic rings. The van der Waals surface area contributed by atoms with Gasteiger partial charge in [-0.3, -0.25) is 9.69 Å². The van der Waals surface area contributed by atoms with E-state index in [0.29, 0.717) is 6.54 Å². The van der Waals surface area contributed by atoms with Crippen molar-refractivity contribution in [1.29, 1.82) is 0 Å². The summed E-state index contributed by atoms with van der Waals surface area (Å²) in [6, 6.07) is 9.92. The molecule has 0 amide bonds. The highest BCUT2D eigenvalue weighted by molar-refractivity contribution is 7.79. The Balaban J connectivity index is 2.52. The van der Waals surface area contributed by atoms with Crippen molar-refractivity contribution < 1.29 is 9.36 Å². The lowest BCUT2D eigenvalue weighted by Crippen LogP contribution is -2.25. The average Bonchev–Trinajstić information content (AvgIpc) is 2.17. The number of nitrogens with zero attached hydrogens (tertiary/aromatic N) is 1. The van der Waals surface area contributed by atoms with Gasteiger partial charge in [-0.05, 0) is 25.9 Å². The van der Waals surface area contributed by atoms with E-state index in [1.54, 1.807) is 0 Å². The second-order valence-corrected chi connectivity index (χ2v) is 7.60. The molecule has 0 radical (unpaired) electrons. The molecular weight excluding hydrogens is 221 g/mol. The maximum atomic E-state index is 11.6. The largest absolute Gasteiger partial charge is 0.316 e. The van der Waals surface area contributed by atoms with Crippen LogP contribution in [0.25, 0.3) is 0 Å². The van der Waals surface area contributed by atoms with Gasteiger partial charge in [-0.25, -0.2) is 0 Å². The van der Waals surface area contributed by atoms with Crippen LogP contribution in [0.2, 0.25) is 0 Å². The molecule has 88 valence electrons. The molecule has 1 aromatic rings. The fraction of sp³-hybridized carbons (Fsp3) is 0.417. The van der Waals surface area contributed by atoms with E-state index < -0.39 is 7.14 Å². The molecule has 4 heteroatoms. The van der Waals surface area contributed by atoms with E-state index in [-0.39, 0.29) is 12.1 Å². The van der Waals surface area contributed by atoms with Crippen LogP contribution >= 0.6 is 7.14 Å². The van der Waals surface area contributed by atoms with Crippen molar-refractivity contribution in [3.05, 3.63) is 35.9 Å². The number of rotatable bonds is 5. The number of benzene rings is 1. The Hall–Kier alpha value is -0.920. The van der Waals surface area contributed by atoms with E-state index in [1.165, 1.54) is 13.3 Å². The van der Waals surface area contributed by atoms with E-state index in [4.69, 9.17) is 0 Å². The van der Waals surface area contributed by atoms with Gasteiger partial charge in [-0.1, -0.05) is 30.3 Å². The Morgan fingerprint density at radius 3 is 2.31 bits per heavy atom. The molecule has 1 aromatic carbocycles. The van der Waals surface area contributed by atoms with Crippen LogP contribution in [0.5, 0.6) is 0 Å². The summed E-state index contributed by atoms with van der Waals surface area (Å²) in [4.78, 5) is 13.4. The summed E-state index contributed by atoms with van der Waals surface area (Å²) < 4.78 is 11.5. The molecule has 3 nitrogen and oxygen atoms in total. The van der Waals surface area contributed by atoms with Crippen molar-refractivity contribution in [2.24, 2.45) is 0 Å². The number of carbonyl (C=O) groups is 1. The first-order valence-corrected chi connectivity index (χ1v) is 7.80. The van der Waals surface area contributed by atoms with Gasteiger partial charge in [-0.2, -0.15) is 0 Å². The molecule has 0 N–H and O–H groups in total. The maximum absolute atomic E-state index is 11.6. The quantitative estimate of drug-likeness (QED) is 0.740. The third-order valence-corrected chi connectivity index (χ3v) is 3.64. The Bertz CT molecular complexity index is 397. The van der Waals surface area contributed by atoms with Crippen molar-refractivity contribution in [1.82, 2.24) is 4.90 Å². The van der Waals surface area contributed by atoms with E-state index >= 15 is 0 Å². The van der Waals surface area contributed by atoms with Gasteiger partial charge < -0.3 is 4.57 Å². The zero-order valence-corrected chi connectivity index (χ0v) is 10.9. The summed E-state index contributed by atoms with van der Waals surface area (Å²) in [6.45, 7) is 3.99. The minimum atomic E-state index is -2.60. The second kappa shape index (κ2) is 5.42. The highest BCUT2D eigenvalue weighted by Crippen LogP contribution is 2.36. The Morgan fingerprint density at radius 2 is 1.81 bits per heavy atom. The molecule has 0 bridgehead atoms. The molecule has 16 heavy (non-hydrogen) atoms. The van der Waals surface area contributed by atoms with Crippen LogP contribution in [0, 0.1) is 0 Å². The fourth-order valence-electron chi connectivity index (χ4n) is 1.35. The predicted molar refractivity (Wildman–Crippen MR) is 67.2 cm³/mol. The second-order valence-electron chi connectivity index (χ2n) is 4.40. The maximum Gasteiger partial charge on any atom is 0.204 e. The molecule has 0 aromatic heterocycles. The zero-order chi connectivity index (χ0) is 12.2. The van der Waals surface area contributed by atoms with E-state index in [2.05, 4.69) is 0 Å². The zero-order valence-electron chi connectivity index (χ0n) is 10.0. The molecular formula is C12H18NO2P. The number of hydrogen-bond acceptors (Lipinski definition) is 3. The highest BCUT2D eigenvalue weighted by Gasteiger charge is 2.20. The Labute approximate surface area is 96.8 Å². The smallest absolute Gasteiger partial charge is 0.204 e. The molecule has 0 saturated carbocycles. The van der Waals surface area contributed by atoms with Gasteiger partial charge in [0.1, 0.15) is 7.14 Å². The van der Waals surface area contributed by atoms with Gasteiger partial charge >= 0.3 is 0 Å². The van der Waals surface area contributed by atoms with Crippen molar-refractivity contribution in [2.75, 3.05) is 26.9 Å². The first-order valence-electron chi connectivity index (χ1n) is 5.20. The van der Waals surface area contributed by atoms with E-state index in [1.807, 2.05) is 42.3 Å². The molecule has 0 unspecified atom stereocenters. The Kier molecular flexibility index (Phi) is 4.45. The van der Waals surface area contributed by atoms with Crippen molar-refractivity contribution in [2.45, 2.75) is 6.54 Å². The first kappa shape index (κ1) is 13.1. The first-order chi connectivity index (χ1) is 7.39. The summed E-state index contributed by atoms with van der Waals surface area (Å²) >= 11 is 0. The monoisotopic (exact) mass is 239 g/mol. The lowest BCUT2D eigenvalue weighted by atomic mass is 10.2. The SMILES string of the molecule is CN(CC(=O)P(C)(C)=O)Cc1ccccc1. The summed E-state index contributed by atoms with van der Waals surface area (Å²) in [6.07, 6.45) is 0. The van der Waals surface area contributed by atoms with Crippen LogP contribution in [0.3, 0.4) is 0 Å². The van der Waals surface area contributed by atoms with Gasteiger partial charge in [0, 0.05) is 6.54 Å². The van der Waals surface area contributed by atoms with Crippen LogP contribution in [0.4, 0.5) is 0 Å². The lowest BCUT2D eigenvalue weighted by molar-refractivity contribution is -0.112. The summed E-state index contributed by atoms with van der Waals surface area (Å²) in [5, 5.41) is 0. The molecule has 0 aliphatic heterocycles. The molecule has 0 spiro atoms. The molecule has 1 rings (SSSR count). The number of carbonyl (C=O) groups excluding carboxylic acids is 1. The summed E-state index contributed by atoms with van der Waals surface area (Å²) in [5.74, 6) is 0. The van der Waals surface area contributed by atoms with Gasteiger partial charge in [0.2, 0.25) is 5.52 Å². The fourth-order valence-corrected chi connectivity index (χ4v) is 1.93. The van der Waals surface area contributed by atoms with Gasteiger partial charge in [-0.15, -0.1) is 0 Å². The van der Waals surface area contributed by atoms with Crippen LogP contribution in [-0.2, 0) is 15.9 Å². The molecule has 0 fully saturated rings. The van der Waals surface area contributed by atoms with E-state index in [9.17, 15) is 9.36 Å². The highest BCUT2D eigenvalue weighted by atomic mass is 31.2. The van der Waals surface area contributed by atoms with E-state index in [0.717, 1.165) is 5.56 Å². The van der Waals surface area contributed by atoms with Crippen LogP contribution in [0.1, 0.15) is 5.56 Å². The van der Waals surface area contributed by atoms with Crippen LogP contribution in [0.15, 0.2) is 30.3 Å². The minimum absolute atomic E-state index is 0.161. The third-order valence-electron chi connectivity index (χ3n) is 2.30. The van der Waals surface area contributed by atoms with Crippen LogP contribution < -0.4 is 0 Å². The molecule has 0 atom stereocenters. The Morgan fingerprint density at radius 1 is 1.25 bits per heavy atom. The number of hydrogen-bond donors (Lipinski definition) is 0. The minimum Gasteiger partial charge on any atom is -0.316 e. The molecule has 0 heterocycles. The van der Waals surface area contributed by atoms with Crippen molar-refractivity contribution in [3.63, 3.8) is 0 Å². The van der Waals surface area contributed by atoms with Crippen LogP contribution in [-0.4, -0.2) is 37.3 Å². The summed E-state index contributed by atoms with van der Waals surface area (Å²) in [5.41, 5.74) is 0.991. The molecule has 0 aliphatic carbocycles. The number of likely N-dealkylation sites (N-methyl/N-ethyl adjacent to an activating group) is 1. The topological polar surface area (TPSA) is 37.4 Å². The lowest BCUT2D eigenvalue weighted by Gasteiger charge is -2.17. The predicted octanol–water partition coefficient (Wildman–Crippen LogP) is 2.27. The third kappa shape index (κ3) is 4.30. The van der Waals surface area contributed by atoms with Gasteiger partial charge in [0.25, 0.3) is 0 Å². The van der Waals surface area contributed by atoms with Crippen molar-refractivity contribution in [3.8, 4) is 0 Å². The van der Waals surface area contributed by atoms with Gasteiger partial charge in [0.15, 0.2) is 0 Å².